The molecule has 2 nitrogen and oxygen atoms in total. The molecule has 2 saturated heterocycles. The summed E-state index contributed by atoms with van der Waals surface area (Å²) in [5.74, 6) is 0. The van der Waals surface area contributed by atoms with Crippen molar-refractivity contribution in [2.75, 3.05) is 19.6 Å². The first-order chi connectivity index (χ1) is 10.3. The Bertz CT molecular complexity index is 498. The smallest absolute Gasteiger partial charge is 0.0354 e. The first kappa shape index (κ1) is 13.8. The fourth-order valence-corrected chi connectivity index (χ4v) is 4.88. The van der Waals surface area contributed by atoms with E-state index in [-0.39, 0.29) is 0 Å². The minimum atomic E-state index is 0.675. The van der Waals surface area contributed by atoms with E-state index in [9.17, 15) is 0 Å². The van der Waals surface area contributed by atoms with Crippen molar-refractivity contribution in [1.29, 1.82) is 0 Å². The molecule has 1 aromatic rings. The maximum atomic E-state index is 2.84. The molecule has 114 valence electrons. The molecule has 0 bridgehead atoms. The van der Waals surface area contributed by atoms with Gasteiger partial charge in [0.1, 0.15) is 0 Å². The largest absolute Gasteiger partial charge is 0.298 e. The summed E-state index contributed by atoms with van der Waals surface area (Å²) in [6.45, 7) is 6.36. The zero-order chi connectivity index (χ0) is 14.2. The second kappa shape index (κ2) is 5.73. The van der Waals surface area contributed by atoms with Crippen molar-refractivity contribution < 1.29 is 0 Å². The molecule has 0 saturated carbocycles. The summed E-state index contributed by atoms with van der Waals surface area (Å²) in [5, 5.41) is 0. The van der Waals surface area contributed by atoms with E-state index in [1.807, 2.05) is 0 Å². The topological polar surface area (TPSA) is 6.48 Å². The quantitative estimate of drug-likeness (QED) is 0.777. The van der Waals surface area contributed by atoms with E-state index >= 15 is 0 Å². The van der Waals surface area contributed by atoms with Gasteiger partial charge in [0.2, 0.25) is 0 Å². The summed E-state index contributed by atoms with van der Waals surface area (Å²) >= 11 is 0. The average molecular weight is 284 g/mol. The Morgan fingerprint density at radius 2 is 1.90 bits per heavy atom. The molecule has 0 radical (unpaired) electrons. The highest BCUT2D eigenvalue weighted by atomic mass is 15.3. The lowest BCUT2D eigenvalue weighted by atomic mass is 9.85. The van der Waals surface area contributed by atoms with Crippen LogP contribution in [0.2, 0.25) is 0 Å². The Hall–Kier alpha value is -0.860. The molecule has 0 amide bonds. The molecule has 3 unspecified atom stereocenters. The van der Waals surface area contributed by atoms with Gasteiger partial charge in [-0.25, -0.2) is 0 Å². The van der Waals surface area contributed by atoms with Gasteiger partial charge in [-0.1, -0.05) is 30.7 Å². The highest BCUT2D eigenvalue weighted by Crippen LogP contribution is 2.38. The summed E-state index contributed by atoms with van der Waals surface area (Å²) in [6, 6.07) is 11.4. The fourth-order valence-electron chi connectivity index (χ4n) is 4.88. The van der Waals surface area contributed by atoms with Crippen LogP contribution in [-0.2, 0) is 6.42 Å². The highest BCUT2D eigenvalue weighted by molar-refractivity contribution is 5.32. The molecule has 0 spiro atoms. The number of benzene rings is 1. The summed E-state index contributed by atoms with van der Waals surface area (Å²) in [6.07, 6.45) is 8.26. The average Bonchev–Trinajstić information content (AvgIpc) is 2.54. The van der Waals surface area contributed by atoms with E-state index in [0.717, 1.165) is 6.04 Å². The van der Waals surface area contributed by atoms with Gasteiger partial charge in [-0.15, -0.1) is 0 Å². The minimum Gasteiger partial charge on any atom is -0.298 e. The molecule has 1 aromatic carbocycles. The molecular formula is C19H28N2. The van der Waals surface area contributed by atoms with E-state index in [4.69, 9.17) is 0 Å². The maximum absolute atomic E-state index is 2.84. The van der Waals surface area contributed by atoms with Gasteiger partial charge in [-0.2, -0.15) is 0 Å². The molecule has 2 heterocycles. The molecule has 0 N–H and O–H groups in total. The van der Waals surface area contributed by atoms with Gasteiger partial charge in [0.25, 0.3) is 0 Å². The first-order valence-electron chi connectivity index (χ1n) is 8.90. The Kier molecular flexibility index (Phi) is 3.76. The second-order valence-corrected chi connectivity index (χ2v) is 7.30. The van der Waals surface area contributed by atoms with Crippen molar-refractivity contribution in [2.45, 2.75) is 63.6 Å². The molecule has 4 rings (SSSR count). The molecule has 21 heavy (non-hydrogen) atoms. The number of nitrogens with zero attached hydrogens (tertiary/aromatic N) is 2. The van der Waals surface area contributed by atoms with Gasteiger partial charge >= 0.3 is 0 Å². The van der Waals surface area contributed by atoms with Crippen molar-refractivity contribution in [3.63, 3.8) is 0 Å². The molecule has 3 atom stereocenters. The van der Waals surface area contributed by atoms with Crippen LogP contribution < -0.4 is 0 Å². The van der Waals surface area contributed by atoms with Gasteiger partial charge in [0.05, 0.1) is 0 Å². The molecular weight excluding hydrogens is 256 g/mol. The normalized spacial score (nSPS) is 34.2. The first-order valence-corrected chi connectivity index (χ1v) is 8.90. The monoisotopic (exact) mass is 284 g/mol. The zero-order valence-electron chi connectivity index (χ0n) is 13.3. The van der Waals surface area contributed by atoms with E-state index in [1.165, 1.54) is 58.2 Å². The van der Waals surface area contributed by atoms with E-state index < -0.39 is 0 Å². The Morgan fingerprint density at radius 1 is 1.00 bits per heavy atom. The molecule has 3 aliphatic rings. The number of hydrogen-bond donors (Lipinski definition) is 0. The Balaban J connectivity index is 1.58. The zero-order valence-corrected chi connectivity index (χ0v) is 13.3. The van der Waals surface area contributed by atoms with Gasteiger partial charge in [0, 0.05) is 31.2 Å². The lowest BCUT2D eigenvalue weighted by molar-refractivity contribution is -0.0123. The highest BCUT2D eigenvalue weighted by Gasteiger charge is 2.37. The molecule has 0 aromatic heterocycles. The summed E-state index contributed by atoms with van der Waals surface area (Å²) in [5.41, 5.74) is 3.23. The Labute approximate surface area is 129 Å². The van der Waals surface area contributed by atoms with Crippen LogP contribution in [0.4, 0.5) is 0 Å². The molecule has 2 fully saturated rings. The van der Waals surface area contributed by atoms with Gasteiger partial charge in [-0.3, -0.25) is 9.80 Å². The number of fused-ring (bicyclic) bond motifs is 2. The molecule has 1 aliphatic carbocycles. The van der Waals surface area contributed by atoms with Crippen molar-refractivity contribution >= 4 is 0 Å². The summed E-state index contributed by atoms with van der Waals surface area (Å²) < 4.78 is 0. The van der Waals surface area contributed by atoms with Crippen molar-refractivity contribution in [1.82, 2.24) is 9.80 Å². The van der Waals surface area contributed by atoms with Crippen LogP contribution in [-0.4, -0.2) is 41.5 Å². The standard InChI is InChI=1S/C19H28N2/c1-15-13-20-12-5-4-9-17(20)14-21(15)19-11-6-8-16-7-2-3-10-18(16)19/h2-3,7,10,15,17,19H,4-6,8-9,11-14H2,1H3. The lowest BCUT2D eigenvalue weighted by Crippen LogP contribution is -2.59. The third-order valence-electron chi connectivity index (χ3n) is 5.97. The summed E-state index contributed by atoms with van der Waals surface area (Å²) in [7, 11) is 0. The van der Waals surface area contributed by atoms with Gasteiger partial charge in [-0.05, 0) is 56.7 Å². The molecule has 2 heteroatoms. The van der Waals surface area contributed by atoms with E-state index in [0.29, 0.717) is 12.1 Å². The van der Waals surface area contributed by atoms with Crippen LogP contribution in [0, 0.1) is 0 Å². The molecule has 2 aliphatic heterocycles. The van der Waals surface area contributed by atoms with Crippen LogP contribution in [0.15, 0.2) is 24.3 Å². The van der Waals surface area contributed by atoms with Crippen LogP contribution in [0.25, 0.3) is 0 Å². The van der Waals surface area contributed by atoms with Crippen LogP contribution in [0.5, 0.6) is 0 Å². The fraction of sp³-hybridized carbons (Fsp3) is 0.684. The van der Waals surface area contributed by atoms with Crippen LogP contribution >= 0.6 is 0 Å². The number of hydrogen-bond acceptors (Lipinski definition) is 2. The second-order valence-electron chi connectivity index (χ2n) is 7.30. The predicted molar refractivity (Wildman–Crippen MR) is 87.5 cm³/mol. The minimum absolute atomic E-state index is 0.675. The van der Waals surface area contributed by atoms with Crippen molar-refractivity contribution in [3.05, 3.63) is 35.4 Å². The van der Waals surface area contributed by atoms with Gasteiger partial charge < -0.3 is 0 Å². The predicted octanol–water partition coefficient (Wildman–Crippen LogP) is 3.62. The lowest BCUT2D eigenvalue weighted by Gasteiger charge is -2.51. The third kappa shape index (κ3) is 2.53. The Morgan fingerprint density at radius 3 is 2.86 bits per heavy atom. The van der Waals surface area contributed by atoms with E-state index in [2.05, 4.69) is 41.0 Å². The van der Waals surface area contributed by atoms with E-state index in [1.54, 1.807) is 11.1 Å². The van der Waals surface area contributed by atoms with Gasteiger partial charge in [0.15, 0.2) is 0 Å². The summed E-state index contributed by atoms with van der Waals surface area (Å²) in [4.78, 5) is 5.60. The van der Waals surface area contributed by atoms with Crippen LogP contribution in [0.1, 0.15) is 56.2 Å². The van der Waals surface area contributed by atoms with Crippen molar-refractivity contribution in [3.8, 4) is 0 Å². The maximum Gasteiger partial charge on any atom is 0.0354 e. The number of rotatable bonds is 1. The van der Waals surface area contributed by atoms with Crippen molar-refractivity contribution in [2.24, 2.45) is 0 Å². The third-order valence-corrected chi connectivity index (χ3v) is 5.97. The SMILES string of the molecule is CC1CN2CCCCC2CN1C1CCCc2ccccc21. The number of aryl methyl sites for hydroxylation is 1. The van der Waals surface area contributed by atoms with Crippen LogP contribution in [0.3, 0.4) is 0 Å². The number of piperidine rings is 1. The number of piperazine rings is 1.